The number of benzene rings is 3. The summed E-state index contributed by atoms with van der Waals surface area (Å²) in [7, 11) is 0. The van der Waals surface area contributed by atoms with E-state index in [0.717, 1.165) is 55.1 Å². The van der Waals surface area contributed by atoms with Crippen molar-refractivity contribution in [1.29, 1.82) is 0 Å². The molecule has 9 heteroatoms. The summed E-state index contributed by atoms with van der Waals surface area (Å²) in [6.45, 7) is 9.31. The van der Waals surface area contributed by atoms with Crippen molar-refractivity contribution in [1.82, 2.24) is 3.92 Å². The summed E-state index contributed by atoms with van der Waals surface area (Å²) in [5.41, 5.74) is 4.53. The summed E-state index contributed by atoms with van der Waals surface area (Å²) in [5, 5.41) is 11.7. The van der Waals surface area contributed by atoms with E-state index in [1.165, 1.54) is 49.7 Å². The molecule has 3 aromatic carbocycles. The van der Waals surface area contributed by atoms with Gasteiger partial charge in [0, 0.05) is 12.3 Å². The van der Waals surface area contributed by atoms with Crippen LogP contribution < -0.4 is 9.20 Å². The number of carbonyl (C=O) groups excluding carboxylic acids is 2. The second kappa shape index (κ2) is 15.7. The fourth-order valence-electron chi connectivity index (χ4n) is 10.5. The van der Waals surface area contributed by atoms with Crippen LogP contribution in [0.3, 0.4) is 0 Å². The van der Waals surface area contributed by atoms with E-state index in [1.54, 1.807) is 25.1 Å². The van der Waals surface area contributed by atoms with E-state index < -0.39 is 0 Å². The molecular formula is C44H54N2O6Se. The minimum Gasteiger partial charge on any atom is -0.423 e. The summed E-state index contributed by atoms with van der Waals surface area (Å²) >= 11 is -0.0317. The van der Waals surface area contributed by atoms with Gasteiger partial charge >= 0.3 is 187 Å². The molecule has 0 spiro atoms. The van der Waals surface area contributed by atoms with Gasteiger partial charge in [-0.25, -0.2) is 4.79 Å². The third-order valence-electron chi connectivity index (χ3n) is 13.2. The Hall–Kier alpha value is -3.52. The van der Waals surface area contributed by atoms with Gasteiger partial charge in [0.1, 0.15) is 11.9 Å². The molecule has 0 N–H and O–H groups in total. The predicted molar refractivity (Wildman–Crippen MR) is 207 cm³/mol. The van der Waals surface area contributed by atoms with E-state index in [1.807, 2.05) is 30.3 Å². The first-order chi connectivity index (χ1) is 25.5. The van der Waals surface area contributed by atoms with Crippen LogP contribution in [0.4, 0.5) is 5.69 Å². The number of nitro benzene ring substituents is 1. The standard InChI is InChI=1S/C44H54N2O6Se/c1-29(47)51-39-23-22-36-40-31(17-10-7-5-6-8-13-26-45-43(2,3)37-18-14-19-38(46(49)50)41(37)53-45)27-32-28-33(52-42(48)30-15-11-9-12-16-30)20-21-34(32)35(40)24-25-44(36,39)4/h9,11-12,14-16,18-21,28,31,35-36,39-40H,5-8,10,13,17,22-27H2,1-4H3/t31-,35-,36+,39+,40-,44+/m1/s1. The van der Waals surface area contributed by atoms with Crippen LogP contribution in [0.5, 0.6) is 5.75 Å². The number of rotatable bonds is 13. The Morgan fingerprint density at radius 1 is 0.925 bits per heavy atom. The van der Waals surface area contributed by atoms with Gasteiger partial charge in [0.05, 0.1) is 5.56 Å². The van der Waals surface area contributed by atoms with Crippen LogP contribution in [0.2, 0.25) is 0 Å². The van der Waals surface area contributed by atoms with Gasteiger partial charge < -0.3 is 9.47 Å². The minimum atomic E-state index is -0.328. The Bertz CT molecular complexity index is 1830. The molecule has 0 bridgehead atoms. The van der Waals surface area contributed by atoms with Crippen molar-refractivity contribution in [2.45, 2.75) is 122 Å². The van der Waals surface area contributed by atoms with Gasteiger partial charge in [0.15, 0.2) is 0 Å². The van der Waals surface area contributed by atoms with E-state index in [2.05, 4.69) is 42.9 Å². The van der Waals surface area contributed by atoms with E-state index in [-0.39, 0.29) is 54.8 Å². The Labute approximate surface area is 320 Å². The Kier molecular flexibility index (Phi) is 11.2. The minimum absolute atomic E-state index is 0.00407. The maximum absolute atomic E-state index is 12.9. The molecule has 0 saturated heterocycles. The van der Waals surface area contributed by atoms with Gasteiger partial charge in [0.25, 0.3) is 0 Å². The number of esters is 2. The summed E-state index contributed by atoms with van der Waals surface area (Å²) in [6.07, 6.45) is 13.5. The second-order valence-corrected chi connectivity index (χ2v) is 18.8. The predicted octanol–water partition coefficient (Wildman–Crippen LogP) is 9.05. The molecule has 4 aliphatic rings. The monoisotopic (exact) mass is 786 g/mol. The summed E-state index contributed by atoms with van der Waals surface area (Å²) < 4.78 is 15.2. The molecular weight excluding hydrogens is 731 g/mol. The zero-order valence-corrected chi connectivity index (χ0v) is 33.4. The molecule has 282 valence electrons. The van der Waals surface area contributed by atoms with Crippen LogP contribution in [-0.2, 0) is 21.5 Å². The Morgan fingerprint density at radius 2 is 1.68 bits per heavy atom. The normalized spacial score (nSPS) is 26.9. The van der Waals surface area contributed by atoms with Crippen LogP contribution in [0.15, 0.2) is 66.7 Å². The molecule has 53 heavy (non-hydrogen) atoms. The average molecular weight is 786 g/mol. The topological polar surface area (TPSA) is 99.0 Å². The van der Waals surface area contributed by atoms with Crippen LogP contribution in [-0.4, -0.2) is 48.6 Å². The molecule has 0 radical (unpaired) electrons. The molecule has 8 nitrogen and oxygen atoms in total. The first kappa shape index (κ1) is 37.8. The fraction of sp³-hybridized carbons (Fsp3) is 0.545. The molecule has 0 amide bonds. The van der Waals surface area contributed by atoms with E-state index in [9.17, 15) is 19.7 Å². The molecule has 0 unspecified atom stereocenters. The third-order valence-corrected chi connectivity index (χ3v) is 16.3. The number of ether oxygens (including phenoxy) is 2. The van der Waals surface area contributed by atoms with Crippen LogP contribution in [0, 0.1) is 33.3 Å². The fourth-order valence-corrected chi connectivity index (χ4v) is 13.5. The van der Waals surface area contributed by atoms with Crippen molar-refractivity contribution >= 4 is 37.3 Å². The average Bonchev–Trinajstić information content (AvgIpc) is 3.60. The molecule has 2 saturated carbocycles. The number of carbonyl (C=O) groups is 2. The summed E-state index contributed by atoms with van der Waals surface area (Å²) in [4.78, 5) is 36.4. The molecule has 0 aromatic heterocycles. The number of hydrogen-bond donors (Lipinski definition) is 0. The molecule has 1 heterocycles. The maximum atomic E-state index is 12.9. The summed E-state index contributed by atoms with van der Waals surface area (Å²) in [5.74, 6) is 2.23. The molecule has 3 aromatic rings. The van der Waals surface area contributed by atoms with E-state index >= 15 is 0 Å². The number of nitro groups is 1. The SMILES string of the molecule is CC(=O)O[C@H]1CC[C@H]2[C@@H]3[C@H](CCCCCCCCN4[Se]c5c([N+](=O)[O-])cccc5C4(C)C)Cc4cc(OC(=O)c5ccccc5)ccc4[C@H]3CC[C@]12C. The smallest absolute Gasteiger partial charge is 0.423 e. The van der Waals surface area contributed by atoms with Crippen molar-refractivity contribution in [3.05, 3.63) is 99.1 Å². The van der Waals surface area contributed by atoms with E-state index in [0.29, 0.717) is 35.0 Å². The molecule has 6 atom stereocenters. The first-order valence-electron chi connectivity index (χ1n) is 19.8. The van der Waals surface area contributed by atoms with Crippen LogP contribution in [0.1, 0.15) is 131 Å². The molecule has 1 aliphatic heterocycles. The van der Waals surface area contributed by atoms with Gasteiger partial charge in [-0.3, -0.25) is 4.79 Å². The number of unbranched alkanes of at least 4 members (excludes halogenated alkanes) is 5. The quantitative estimate of drug-likeness (QED) is 0.0426. The molecule has 3 aliphatic carbocycles. The Balaban J connectivity index is 0.966. The zero-order chi connectivity index (χ0) is 37.3. The molecule has 7 rings (SSSR count). The van der Waals surface area contributed by atoms with Gasteiger partial charge in [-0.15, -0.1) is 0 Å². The number of hydrogen-bond acceptors (Lipinski definition) is 7. The number of nitrogens with zero attached hydrogens (tertiary/aromatic N) is 2. The van der Waals surface area contributed by atoms with Crippen molar-refractivity contribution in [2.75, 3.05) is 6.54 Å². The zero-order valence-electron chi connectivity index (χ0n) is 31.7. The van der Waals surface area contributed by atoms with Crippen molar-refractivity contribution in [3.8, 4) is 5.75 Å². The number of fused-ring (bicyclic) bond motifs is 6. The summed E-state index contributed by atoms with van der Waals surface area (Å²) in [6, 6.07) is 21.0. The van der Waals surface area contributed by atoms with Crippen LogP contribution >= 0.6 is 0 Å². The Morgan fingerprint density at radius 3 is 2.43 bits per heavy atom. The van der Waals surface area contributed by atoms with Gasteiger partial charge in [-0.2, -0.15) is 0 Å². The third kappa shape index (κ3) is 7.59. The van der Waals surface area contributed by atoms with Gasteiger partial charge in [0.2, 0.25) is 0 Å². The van der Waals surface area contributed by atoms with Gasteiger partial charge in [-0.1, -0.05) is 31.2 Å². The van der Waals surface area contributed by atoms with Crippen molar-refractivity contribution in [2.24, 2.45) is 23.2 Å². The second-order valence-electron chi connectivity index (χ2n) is 16.7. The van der Waals surface area contributed by atoms with Gasteiger partial charge in [-0.05, 0) is 55.5 Å². The van der Waals surface area contributed by atoms with E-state index in [4.69, 9.17) is 9.47 Å². The first-order valence-corrected chi connectivity index (χ1v) is 21.4. The van der Waals surface area contributed by atoms with Crippen molar-refractivity contribution in [3.63, 3.8) is 0 Å². The van der Waals surface area contributed by atoms with Crippen molar-refractivity contribution < 1.29 is 24.0 Å². The molecule has 2 fully saturated rings. The van der Waals surface area contributed by atoms with Crippen LogP contribution in [0.25, 0.3) is 0 Å².